The first-order valence-electron chi connectivity index (χ1n) is 11.9. The van der Waals surface area contributed by atoms with E-state index in [1.54, 1.807) is 30.3 Å². The summed E-state index contributed by atoms with van der Waals surface area (Å²) < 4.78 is 6.01. The Morgan fingerprint density at radius 1 is 1.11 bits per heavy atom. The molecule has 1 aromatic carbocycles. The van der Waals surface area contributed by atoms with Gasteiger partial charge in [-0.05, 0) is 68.7 Å². The smallest absolute Gasteiger partial charge is 0.303 e. The Balaban J connectivity index is 1.22. The minimum absolute atomic E-state index is 0.0332. The average molecular weight is 498 g/mol. The summed E-state index contributed by atoms with van der Waals surface area (Å²) >= 11 is 6.08. The number of carbonyl (C=O) groups excluding carboxylic acids is 1. The van der Waals surface area contributed by atoms with Gasteiger partial charge in [0.2, 0.25) is 0 Å². The number of amides is 1. The third-order valence-electron chi connectivity index (χ3n) is 6.66. The minimum Gasteiger partial charge on any atom is -0.490 e. The summed E-state index contributed by atoms with van der Waals surface area (Å²) in [4.78, 5) is 25.6. The number of rotatable bonds is 7. The second kappa shape index (κ2) is 11.4. The first kappa shape index (κ1) is 24.7. The topological polar surface area (TPSA) is 128 Å². The van der Waals surface area contributed by atoms with Crippen LogP contribution in [-0.2, 0) is 4.79 Å². The lowest BCUT2D eigenvalue weighted by molar-refractivity contribution is -0.138. The number of nitrogens with zero attached hydrogens (tertiary/aromatic N) is 4. The fourth-order valence-corrected chi connectivity index (χ4v) is 4.88. The van der Waals surface area contributed by atoms with Gasteiger partial charge in [0.1, 0.15) is 11.8 Å². The Kier molecular flexibility index (Phi) is 8.03. The van der Waals surface area contributed by atoms with Crippen molar-refractivity contribution in [3.8, 4) is 11.8 Å². The molecular weight excluding hydrogens is 470 g/mol. The van der Waals surface area contributed by atoms with E-state index in [2.05, 4.69) is 20.4 Å². The lowest BCUT2D eigenvalue weighted by Crippen LogP contribution is -2.40. The van der Waals surface area contributed by atoms with Crippen molar-refractivity contribution in [3.05, 3.63) is 46.6 Å². The quantitative estimate of drug-likeness (QED) is 0.590. The zero-order valence-corrected chi connectivity index (χ0v) is 20.1. The van der Waals surface area contributed by atoms with E-state index in [1.807, 2.05) is 6.07 Å². The predicted octanol–water partition coefficient (Wildman–Crippen LogP) is 3.81. The Hall–Kier alpha value is -3.38. The molecule has 9 nitrogen and oxygen atoms in total. The lowest BCUT2D eigenvalue weighted by Gasteiger charge is -2.32. The monoisotopic (exact) mass is 497 g/mol. The molecule has 0 spiro atoms. The number of halogens is 1. The summed E-state index contributed by atoms with van der Waals surface area (Å²) in [5.41, 5.74) is 0.696. The molecule has 0 radical (unpaired) electrons. The van der Waals surface area contributed by atoms with Crippen molar-refractivity contribution in [2.24, 2.45) is 5.92 Å². The molecule has 10 heteroatoms. The highest BCUT2D eigenvalue weighted by Gasteiger charge is 2.26. The number of hydrogen-bond donors (Lipinski definition) is 2. The van der Waals surface area contributed by atoms with Gasteiger partial charge in [0, 0.05) is 31.6 Å². The molecule has 35 heavy (non-hydrogen) atoms. The molecule has 184 valence electrons. The summed E-state index contributed by atoms with van der Waals surface area (Å²) in [6.45, 7) is 1.47. The zero-order valence-electron chi connectivity index (χ0n) is 19.3. The normalized spacial score (nSPS) is 20.6. The number of benzene rings is 1. The molecular formula is C25H28ClN5O4. The second-order valence-corrected chi connectivity index (χ2v) is 9.53. The van der Waals surface area contributed by atoms with Crippen LogP contribution in [0.4, 0.5) is 5.82 Å². The second-order valence-electron chi connectivity index (χ2n) is 9.12. The van der Waals surface area contributed by atoms with E-state index in [-0.39, 0.29) is 36.1 Å². The van der Waals surface area contributed by atoms with Crippen LogP contribution in [-0.4, -0.2) is 52.4 Å². The molecule has 2 fully saturated rings. The molecule has 4 rings (SSSR count). The number of aromatic nitrogens is 2. The number of hydrogen-bond acceptors (Lipinski definition) is 7. The standard InChI is InChI=1S/C25H28ClN5O4/c26-21-14-20(4-1-17(21)15-27)35-19-5-2-18(3-6-19)28-25(34)22-7-8-23(30-29-22)31-11-9-16(10-12-31)13-24(32)33/h1,4,7-8,14,16,18-19H,2-3,5-6,9-13H2,(H,28,34)(H,32,33). The van der Waals surface area contributed by atoms with Crippen LogP contribution < -0.4 is 15.0 Å². The molecule has 1 saturated heterocycles. The van der Waals surface area contributed by atoms with Crippen molar-refractivity contribution in [2.45, 2.75) is 57.1 Å². The molecule has 1 aromatic heterocycles. The zero-order chi connectivity index (χ0) is 24.8. The molecule has 2 heterocycles. The summed E-state index contributed by atoms with van der Waals surface area (Å²) in [6, 6.07) is 10.6. The number of piperidine rings is 1. The Labute approximate surface area is 209 Å². The van der Waals surface area contributed by atoms with Crippen molar-refractivity contribution in [3.63, 3.8) is 0 Å². The Morgan fingerprint density at radius 3 is 2.46 bits per heavy atom. The molecule has 1 aliphatic heterocycles. The van der Waals surface area contributed by atoms with Gasteiger partial charge in [-0.1, -0.05) is 11.6 Å². The molecule has 2 aliphatic rings. The van der Waals surface area contributed by atoms with Gasteiger partial charge in [0.25, 0.3) is 5.91 Å². The number of nitriles is 1. The third kappa shape index (κ3) is 6.61. The van der Waals surface area contributed by atoms with Gasteiger partial charge in [0.05, 0.1) is 16.7 Å². The first-order chi connectivity index (χ1) is 16.9. The number of nitrogens with one attached hydrogen (secondary N) is 1. The van der Waals surface area contributed by atoms with Crippen molar-refractivity contribution in [2.75, 3.05) is 18.0 Å². The van der Waals surface area contributed by atoms with E-state index in [9.17, 15) is 9.59 Å². The molecule has 1 saturated carbocycles. The number of carboxylic acids is 1. The van der Waals surface area contributed by atoms with Crippen LogP contribution in [0.15, 0.2) is 30.3 Å². The highest BCUT2D eigenvalue weighted by atomic mass is 35.5. The van der Waals surface area contributed by atoms with E-state index >= 15 is 0 Å². The molecule has 1 amide bonds. The van der Waals surface area contributed by atoms with E-state index in [4.69, 9.17) is 26.7 Å². The van der Waals surface area contributed by atoms with Gasteiger partial charge in [-0.3, -0.25) is 9.59 Å². The molecule has 2 aromatic rings. The van der Waals surface area contributed by atoms with Crippen molar-refractivity contribution in [1.29, 1.82) is 5.26 Å². The summed E-state index contributed by atoms with van der Waals surface area (Å²) in [5.74, 6) is 0.548. The first-order valence-corrected chi connectivity index (χ1v) is 12.3. The van der Waals surface area contributed by atoms with Crippen molar-refractivity contribution in [1.82, 2.24) is 15.5 Å². The average Bonchev–Trinajstić information content (AvgIpc) is 2.85. The molecule has 2 N–H and O–H groups in total. The van der Waals surface area contributed by atoms with Gasteiger partial charge in [-0.25, -0.2) is 0 Å². The summed E-state index contributed by atoms with van der Waals surface area (Å²) in [6.07, 6.45) is 5.02. The van der Waals surface area contributed by atoms with Gasteiger partial charge in [0.15, 0.2) is 11.5 Å². The van der Waals surface area contributed by atoms with Crippen LogP contribution in [0.2, 0.25) is 5.02 Å². The summed E-state index contributed by atoms with van der Waals surface area (Å²) in [7, 11) is 0. The molecule has 0 bridgehead atoms. The highest BCUT2D eigenvalue weighted by molar-refractivity contribution is 6.31. The van der Waals surface area contributed by atoms with E-state index in [0.717, 1.165) is 51.6 Å². The number of carbonyl (C=O) groups is 2. The fraction of sp³-hybridized carbons (Fsp3) is 0.480. The Morgan fingerprint density at radius 2 is 1.86 bits per heavy atom. The Bertz CT molecular complexity index is 1090. The number of ether oxygens (including phenoxy) is 1. The number of anilines is 1. The molecule has 1 aliphatic carbocycles. The fourth-order valence-electron chi connectivity index (χ4n) is 4.66. The number of aliphatic carboxylic acids is 1. The highest BCUT2D eigenvalue weighted by Crippen LogP contribution is 2.28. The predicted molar refractivity (Wildman–Crippen MR) is 130 cm³/mol. The largest absolute Gasteiger partial charge is 0.490 e. The molecule has 0 unspecified atom stereocenters. The van der Waals surface area contributed by atoms with Crippen LogP contribution in [0.5, 0.6) is 5.75 Å². The van der Waals surface area contributed by atoms with Gasteiger partial charge in [-0.2, -0.15) is 5.26 Å². The van der Waals surface area contributed by atoms with E-state index in [0.29, 0.717) is 22.2 Å². The maximum atomic E-state index is 12.7. The summed E-state index contributed by atoms with van der Waals surface area (Å²) in [5, 5.41) is 29.7. The van der Waals surface area contributed by atoms with Crippen molar-refractivity contribution < 1.29 is 19.4 Å². The minimum atomic E-state index is -0.754. The lowest BCUT2D eigenvalue weighted by atomic mass is 9.92. The van der Waals surface area contributed by atoms with Gasteiger partial charge < -0.3 is 20.1 Å². The van der Waals surface area contributed by atoms with Crippen molar-refractivity contribution >= 4 is 29.3 Å². The SMILES string of the molecule is N#Cc1ccc(OC2CCC(NC(=O)c3ccc(N4CCC(CC(=O)O)CC4)nn3)CC2)cc1Cl. The van der Waals surface area contributed by atoms with Crippen LogP contribution >= 0.6 is 11.6 Å². The van der Waals surface area contributed by atoms with Crippen LogP contribution in [0.25, 0.3) is 0 Å². The number of carboxylic acid groups (broad SMARTS) is 1. The molecule has 0 atom stereocenters. The van der Waals surface area contributed by atoms with Gasteiger partial charge >= 0.3 is 5.97 Å². The van der Waals surface area contributed by atoms with Crippen LogP contribution in [0.1, 0.15) is 61.0 Å². The van der Waals surface area contributed by atoms with E-state index < -0.39 is 5.97 Å². The third-order valence-corrected chi connectivity index (χ3v) is 6.97. The maximum absolute atomic E-state index is 12.7. The van der Waals surface area contributed by atoms with Gasteiger partial charge in [-0.15, -0.1) is 10.2 Å². The van der Waals surface area contributed by atoms with E-state index in [1.165, 1.54) is 0 Å². The van der Waals surface area contributed by atoms with Crippen LogP contribution in [0.3, 0.4) is 0 Å². The van der Waals surface area contributed by atoms with Crippen LogP contribution in [0, 0.1) is 17.2 Å². The maximum Gasteiger partial charge on any atom is 0.303 e.